The molecule has 0 aromatic heterocycles. The Labute approximate surface area is 127 Å². The minimum Gasteiger partial charge on any atom is -0.462 e. The third-order valence-corrected chi connectivity index (χ3v) is 4.99. The van der Waals surface area contributed by atoms with E-state index in [0.717, 1.165) is 37.8 Å². The predicted octanol–water partition coefficient (Wildman–Crippen LogP) is 3.41. The summed E-state index contributed by atoms with van der Waals surface area (Å²) in [5, 5.41) is 0. The molecule has 0 spiro atoms. The number of halogens is 2. The van der Waals surface area contributed by atoms with E-state index < -0.39 is 26.4 Å². The lowest BCUT2D eigenvalue weighted by Crippen LogP contribution is -2.14. The second-order valence-corrected chi connectivity index (χ2v) is 7.85. The van der Waals surface area contributed by atoms with Gasteiger partial charge in [0.15, 0.2) is 0 Å². The molecule has 0 saturated heterocycles. The molecule has 0 aliphatic heterocycles. The number of hydrogen-bond acceptors (Lipinski definition) is 4. The average molecular weight is 335 g/mol. The zero-order valence-corrected chi connectivity index (χ0v) is 13.1. The molecular formula is C14H16ClFO4S. The number of carbonyl (C=O) groups excluding carboxylic acids is 1. The maximum absolute atomic E-state index is 14.0. The topological polar surface area (TPSA) is 60.4 Å². The number of hydrogen-bond donors (Lipinski definition) is 0. The zero-order valence-electron chi connectivity index (χ0n) is 11.6. The van der Waals surface area contributed by atoms with Crippen LogP contribution in [0, 0.1) is 18.7 Å². The van der Waals surface area contributed by atoms with Crippen molar-refractivity contribution in [3.63, 3.8) is 0 Å². The first-order chi connectivity index (χ1) is 9.79. The molecular weight excluding hydrogens is 319 g/mol. The molecule has 7 heteroatoms. The highest BCUT2D eigenvalue weighted by atomic mass is 35.7. The standard InChI is InChI=1S/C14H16ClFO4S/c1-9-6-11(21(15,18)19)7-12(13(9)16)14(17)20-8-10-4-2-3-5-10/h6-7,10H,2-5,8H2,1H3. The van der Waals surface area contributed by atoms with E-state index in [9.17, 15) is 17.6 Å². The molecule has 4 nitrogen and oxygen atoms in total. The second-order valence-electron chi connectivity index (χ2n) is 5.29. The van der Waals surface area contributed by atoms with Crippen molar-refractivity contribution in [3.05, 3.63) is 29.1 Å². The van der Waals surface area contributed by atoms with E-state index >= 15 is 0 Å². The van der Waals surface area contributed by atoms with Gasteiger partial charge < -0.3 is 4.74 Å². The van der Waals surface area contributed by atoms with Crippen LogP contribution in [0.1, 0.15) is 41.6 Å². The van der Waals surface area contributed by atoms with E-state index in [1.807, 2.05) is 0 Å². The smallest absolute Gasteiger partial charge is 0.341 e. The number of carbonyl (C=O) groups is 1. The van der Waals surface area contributed by atoms with Crippen LogP contribution in [-0.4, -0.2) is 21.0 Å². The Bertz CT molecular complexity index is 651. The molecule has 1 aliphatic rings. The van der Waals surface area contributed by atoms with Crippen molar-refractivity contribution in [3.8, 4) is 0 Å². The molecule has 0 N–H and O–H groups in total. The minimum absolute atomic E-state index is 0.0320. The van der Waals surface area contributed by atoms with E-state index in [0.29, 0.717) is 5.92 Å². The van der Waals surface area contributed by atoms with Gasteiger partial charge in [-0.2, -0.15) is 0 Å². The molecule has 1 aliphatic carbocycles. The summed E-state index contributed by atoms with van der Waals surface area (Å²) in [5.41, 5.74) is -0.364. The van der Waals surface area contributed by atoms with Gasteiger partial charge in [-0.25, -0.2) is 17.6 Å². The third kappa shape index (κ3) is 3.95. The largest absolute Gasteiger partial charge is 0.462 e. The lowest BCUT2D eigenvalue weighted by atomic mass is 10.1. The predicted molar refractivity (Wildman–Crippen MR) is 76.4 cm³/mol. The molecule has 2 rings (SSSR count). The quantitative estimate of drug-likeness (QED) is 0.625. The van der Waals surface area contributed by atoms with Crippen LogP contribution in [0.5, 0.6) is 0 Å². The van der Waals surface area contributed by atoms with Gasteiger partial charge in [0, 0.05) is 10.7 Å². The number of benzene rings is 1. The van der Waals surface area contributed by atoms with Gasteiger partial charge in [-0.3, -0.25) is 0 Å². The van der Waals surface area contributed by atoms with Crippen molar-refractivity contribution in [1.82, 2.24) is 0 Å². The van der Waals surface area contributed by atoms with Gasteiger partial charge in [0.2, 0.25) is 0 Å². The van der Waals surface area contributed by atoms with Crippen LogP contribution in [0.2, 0.25) is 0 Å². The summed E-state index contributed by atoms with van der Waals surface area (Å²) in [4.78, 5) is 11.6. The Morgan fingerprint density at radius 1 is 1.38 bits per heavy atom. The summed E-state index contributed by atoms with van der Waals surface area (Å²) in [6.45, 7) is 1.60. The second kappa shape index (κ2) is 6.32. The van der Waals surface area contributed by atoms with Crippen molar-refractivity contribution < 1.29 is 22.3 Å². The Hall–Kier alpha value is -1.14. The van der Waals surface area contributed by atoms with Crippen molar-refractivity contribution >= 4 is 25.7 Å². The normalized spacial score (nSPS) is 16.1. The van der Waals surface area contributed by atoms with Crippen LogP contribution in [0.3, 0.4) is 0 Å². The molecule has 0 radical (unpaired) electrons. The highest BCUT2D eigenvalue weighted by Gasteiger charge is 2.23. The van der Waals surface area contributed by atoms with E-state index in [-0.39, 0.29) is 17.1 Å². The van der Waals surface area contributed by atoms with Gasteiger partial charge in [0.05, 0.1) is 17.1 Å². The van der Waals surface area contributed by atoms with E-state index in [1.54, 1.807) is 0 Å². The molecule has 1 fully saturated rings. The van der Waals surface area contributed by atoms with Gasteiger partial charge in [-0.1, -0.05) is 12.8 Å². The Balaban J connectivity index is 2.21. The average Bonchev–Trinajstić information content (AvgIpc) is 2.91. The van der Waals surface area contributed by atoms with Crippen LogP contribution in [0.4, 0.5) is 4.39 Å². The molecule has 1 aromatic carbocycles. The SMILES string of the molecule is Cc1cc(S(=O)(=O)Cl)cc(C(=O)OCC2CCCC2)c1F. The van der Waals surface area contributed by atoms with E-state index in [4.69, 9.17) is 15.4 Å². The molecule has 0 heterocycles. The maximum Gasteiger partial charge on any atom is 0.341 e. The highest BCUT2D eigenvalue weighted by Crippen LogP contribution is 2.26. The fourth-order valence-electron chi connectivity index (χ4n) is 2.47. The van der Waals surface area contributed by atoms with Crippen molar-refractivity contribution in [2.45, 2.75) is 37.5 Å². The number of rotatable bonds is 4. The third-order valence-electron chi connectivity index (χ3n) is 3.65. The number of ether oxygens (including phenoxy) is 1. The van der Waals surface area contributed by atoms with E-state index in [2.05, 4.69) is 0 Å². The Morgan fingerprint density at radius 3 is 2.57 bits per heavy atom. The fourth-order valence-corrected chi connectivity index (χ4v) is 3.32. The molecule has 116 valence electrons. The summed E-state index contributed by atoms with van der Waals surface area (Å²) >= 11 is 0. The van der Waals surface area contributed by atoms with Crippen LogP contribution >= 0.6 is 10.7 Å². The summed E-state index contributed by atoms with van der Waals surface area (Å²) in [5.74, 6) is -1.33. The van der Waals surface area contributed by atoms with Crippen molar-refractivity contribution in [1.29, 1.82) is 0 Å². The van der Waals surface area contributed by atoms with Crippen molar-refractivity contribution in [2.24, 2.45) is 5.92 Å². The maximum atomic E-state index is 14.0. The van der Waals surface area contributed by atoms with Gasteiger partial charge in [-0.05, 0) is 43.4 Å². The summed E-state index contributed by atoms with van der Waals surface area (Å²) in [6.07, 6.45) is 4.20. The highest BCUT2D eigenvalue weighted by molar-refractivity contribution is 8.13. The first-order valence-corrected chi connectivity index (χ1v) is 9.02. The molecule has 1 saturated carbocycles. The summed E-state index contributed by atoms with van der Waals surface area (Å²) in [7, 11) is 1.21. The van der Waals surface area contributed by atoms with Crippen LogP contribution in [0.25, 0.3) is 0 Å². The fraction of sp³-hybridized carbons (Fsp3) is 0.500. The monoisotopic (exact) mass is 334 g/mol. The van der Waals surface area contributed by atoms with Crippen LogP contribution in [0.15, 0.2) is 17.0 Å². The summed E-state index contributed by atoms with van der Waals surface area (Å²) in [6, 6.07) is 2.01. The number of aryl methyl sites for hydroxylation is 1. The summed E-state index contributed by atoms with van der Waals surface area (Å²) < 4.78 is 41.7. The Kier molecular flexibility index (Phi) is 4.88. The van der Waals surface area contributed by atoms with Crippen LogP contribution < -0.4 is 0 Å². The molecule has 0 atom stereocenters. The van der Waals surface area contributed by atoms with Gasteiger partial charge >= 0.3 is 5.97 Å². The number of esters is 1. The molecule has 0 bridgehead atoms. The molecule has 0 unspecified atom stereocenters. The first-order valence-electron chi connectivity index (χ1n) is 6.71. The minimum atomic E-state index is -4.03. The lowest BCUT2D eigenvalue weighted by Gasteiger charge is -2.11. The zero-order chi connectivity index (χ0) is 15.6. The van der Waals surface area contributed by atoms with Crippen molar-refractivity contribution in [2.75, 3.05) is 6.61 Å². The molecule has 1 aromatic rings. The lowest BCUT2D eigenvalue weighted by molar-refractivity contribution is 0.0436. The Morgan fingerprint density at radius 2 is 2.00 bits per heavy atom. The molecule has 21 heavy (non-hydrogen) atoms. The van der Waals surface area contributed by atoms with Gasteiger partial charge in [0.1, 0.15) is 5.82 Å². The van der Waals surface area contributed by atoms with E-state index in [1.165, 1.54) is 6.92 Å². The molecule has 0 amide bonds. The first kappa shape index (κ1) is 16.2. The van der Waals surface area contributed by atoms with Gasteiger partial charge in [0.25, 0.3) is 9.05 Å². The van der Waals surface area contributed by atoms with Crippen LogP contribution in [-0.2, 0) is 13.8 Å². The van der Waals surface area contributed by atoms with Gasteiger partial charge in [-0.15, -0.1) is 0 Å².